The minimum Gasteiger partial charge on any atom is -0.351 e. The van der Waals surface area contributed by atoms with E-state index in [9.17, 15) is 4.79 Å². The van der Waals surface area contributed by atoms with Gasteiger partial charge in [0.1, 0.15) is 0 Å². The van der Waals surface area contributed by atoms with Gasteiger partial charge in [-0.2, -0.15) is 0 Å². The number of amides is 1. The van der Waals surface area contributed by atoms with Crippen LogP contribution in [0.2, 0.25) is 0 Å². The summed E-state index contributed by atoms with van der Waals surface area (Å²) in [5.41, 5.74) is 3.87. The van der Waals surface area contributed by atoms with Crippen LogP contribution in [0.1, 0.15) is 29.2 Å². The first kappa shape index (κ1) is 13.8. The number of fused-ring (bicyclic) bond motifs is 1. The maximum atomic E-state index is 11.9. The third kappa shape index (κ3) is 3.50. The zero-order valence-electron chi connectivity index (χ0n) is 12.0. The van der Waals surface area contributed by atoms with Crippen molar-refractivity contribution in [1.29, 1.82) is 0 Å². The Balaban J connectivity index is 1.47. The molecule has 3 nitrogen and oxygen atoms in total. The maximum absolute atomic E-state index is 11.9. The van der Waals surface area contributed by atoms with Gasteiger partial charge in [-0.25, -0.2) is 0 Å². The fraction of sp³-hybridized carbons (Fsp3) is 0.278. The first-order chi connectivity index (χ1) is 10.3. The Morgan fingerprint density at radius 1 is 1.05 bits per heavy atom. The summed E-state index contributed by atoms with van der Waals surface area (Å²) in [4.78, 5) is 11.9. The van der Waals surface area contributed by atoms with Crippen molar-refractivity contribution in [3.8, 4) is 0 Å². The fourth-order valence-electron chi connectivity index (χ4n) is 2.84. The molecule has 1 aliphatic rings. The Kier molecular flexibility index (Phi) is 4.31. The molecule has 0 aromatic heterocycles. The van der Waals surface area contributed by atoms with Crippen molar-refractivity contribution < 1.29 is 4.79 Å². The minimum absolute atomic E-state index is 0.0447. The smallest absolute Gasteiger partial charge is 0.234 e. The number of hydrogen-bond acceptors (Lipinski definition) is 2. The molecule has 1 atom stereocenters. The Bertz CT molecular complexity index is 610. The predicted octanol–water partition coefficient (Wildman–Crippen LogP) is 2.58. The molecule has 1 amide bonds. The van der Waals surface area contributed by atoms with Gasteiger partial charge in [-0.3, -0.25) is 4.79 Å². The summed E-state index contributed by atoms with van der Waals surface area (Å²) in [7, 11) is 0. The highest BCUT2D eigenvalue weighted by Crippen LogP contribution is 2.30. The van der Waals surface area contributed by atoms with Crippen LogP contribution < -0.4 is 10.6 Å². The van der Waals surface area contributed by atoms with Crippen molar-refractivity contribution in [1.82, 2.24) is 10.6 Å². The van der Waals surface area contributed by atoms with E-state index >= 15 is 0 Å². The van der Waals surface area contributed by atoms with Crippen LogP contribution in [0.3, 0.4) is 0 Å². The second kappa shape index (κ2) is 6.55. The summed E-state index contributed by atoms with van der Waals surface area (Å²) in [6.07, 6.45) is 2.17. The molecule has 0 spiro atoms. The molecule has 108 valence electrons. The zero-order valence-corrected chi connectivity index (χ0v) is 12.0. The van der Waals surface area contributed by atoms with E-state index in [1.54, 1.807) is 0 Å². The molecule has 0 saturated heterocycles. The quantitative estimate of drug-likeness (QED) is 0.884. The lowest BCUT2D eigenvalue weighted by atomic mass is 10.1. The largest absolute Gasteiger partial charge is 0.351 e. The van der Waals surface area contributed by atoms with Gasteiger partial charge in [0.2, 0.25) is 5.91 Å². The molecule has 1 aliphatic carbocycles. The van der Waals surface area contributed by atoms with Crippen LogP contribution in [-0.2, 0) is 17.8 Å². The van der Waals surface area contributed by atoms with Gasteiger partial charge in [-0.1, -0.05) is 54.6 Å². The molecule has 0 radical (unpaired) electrons. The second-order valence-corrected chi connectivity index (χ2v) is 5.43. The molecule has 0 fully saturated rings. The van der Waals surface area contributed by atoms with E-state index in [0.717, 1.165) is 18.4 Å². The normalized spacial score (nSPS) is 16.5. The van der Waals surface area contributed by atoms with Crippen molar-refractivity contribution in [3.63, 3.8) is 0 Å². The fourth-order valence-corrected chi connectivity index (χ4v) is 2.84. The van der Waals surface area contributed by atoms with Gasteiger partial charge in [-0.05, 0) is 29.5 Å². The number of rotatable bonds is 5. The van der Waals surface area contributed by atoms with Crippen LogP contribution in [0, 0.1) is 0 Å². The molecular formula is C18H20N2O. The van der Waals surface area contributed by atoms with Crippen LogP contribution in [0.5, 0.6) is 0 Å². The van der Waals surface area contributed by atoms with Gasteiger partial charge in [0.15, 0.2) is 0 Å². The average Bonchev–Trinajstić information content (AvgIpc) is 2.95. The van der Waals surface area contributed by atoms with Gasteiger partial charge in [0.05, 0.1) is 6.54 Å². The van der Waals surface area contributed by atoms with Gasteiger partial charge < -0.3 is 10.6 Å². The van der Waals surface area contributed by atoms with Crippen molar-refractivity contribution in [3.05, 3.63) is 71.3 Å². The average molecular weight is 280 g/mol. The number of benzene rings is 2. The van der Waals surface area contributed by atoms with Crippen molar-refractivity contribution in [2.75, 3.05) is 6.54 Å². The van der Waals surface area contributed by atoms with E-state index in [4.69, 9.17) is 0 Å². The molecule has 0 bridgehead atoms. The summed E-state index contributed by atoms with van der Waals surface area (Å²) in [5.74, 6) is 0.0447. The van der Waals surface area contributed by atoms with Crippen LogP contribution in [0.25, 0.3) is 0 Å². The molecular weight excluding hydrogens is 260 g/mol. The van der Waals surface area contributed by atoms with Crippen LogP contribution in [0.4, 0.5) is 0 Å². The monoisotopic (exact) mass is 280 g/mol. The van der Waals surface area contributed by atoms with E-state index in [1.807, 2.05) is 30.3 Å². The summed E-state index contributed by atoms with van der Waals surface area (Å²) in [6, 6.07) is 18.7. The minimum atomic E-state index is 0.0447. The second-order valence-electron chi connectivity index (χ2n) is 5.43. The molecule has 0 aliphatic heterocycles. The van der Waals surface area contributed by atoms with E-state index in [0.29, 0.717) is 19.1 Å². The van der Waals surface area contributed by atoms with Gasteiger partial charge in [0.25, 0.3) is 0 Å². The van der Waals surface area contributed by atoms with Crippen molar-refractivity contribution in [2.45, 2.75) is 25.4 Å². The molecule has 2 aromatic carbocycles. The highest BCUT2D eigenvalue weighted by molar-refractivity contribution is 5.78. The molecule has 1 unspecified atom stereocenters. The molecule has 0 heterocycles. The van der Waals surface area contributed by atoms with Crippen LogP contribution in [0.15, 0.2) is 54.6 Å². The SMILES string of the molecule is O=C(CNC1CCc2ccccc21)NCc1ccccc1. The highest BCUT2D eigenvalue weighted by Gasteiger charge is 2.21. The molecule has 3 heteroatoms. The van der Waals surface area contributed by atoms with E-state index in [2.05, 4.69) is 34.9 Å². The van der Waals surface area contributed by atoms with Gasteiger partial charge in [-0.15, -0.1) is 0 Å². The van der Waals surface area contributed by atoms with Crippen LogP contribution in [-0.4, -0.2) is 12.5 Å². The molecule has 2 N–H and O–H groups in total. The number of aryl methyl sites for hydroxylation is 1. The summed E-state index contributed by atoms with van der Waals surface area (Å²) in [6.45, 7) is 0.953. The van der Waals surface area contributed by atoms with Crippen molar-refractivity contribution >= 4 is 5.91 Å². The lowest BCUT2D eigenvalue weighted by Gasteiger charge is -2.14. The van der Waals surface area contributed by atoms with Gasteiger partial charge in [0, 0.05) is 12.6 Å². The third-order valence-corrected chi connectivity index (χ3v) is 3.97. The number of carbonyl (C=O) groups is 1. The number of hydrogen-bond donors (Lipinski definition) is 2. The Morgan fingerprint density at radius 2 is 1.81 bits per heavy atom. The van der Waals surface area contributed by atoms with Crippen LogP contribution >= 0.6 is 0 Å². The summed E-state index contributed by atoms with van der Waals surface area (Å²) < 4.78 is 0. The Hall–Kier alpha value is -2.13. The molecule has 21 heavy (non-hydrogen) atoms. The lowest BCUT2D eigenvalue weighted by Crippen LogP contribution is -2.34. The number of carbonyl (C=O) groups excluding carboxylic acids is 1. The zero-order chi connectivity index (χ0) is 14.5. The Labute approximate surface area is 125 Å². The first-order valence-electron chi connectivity index (χ1n) is 7.45. The molecule has 2 aromatic rings. The Morgan fingerprint density at radius 3 is 2.67 bits per heavy atom. The predicted molar refractivity (Wildman–Crippen MR) is 83.8 cm³/mol. The van der Waals surface area contributed by atoms with E-state index in [-0.39, 0.29) is 5.91 Å². The highest BCUT2D eigenvalue weighted by atomic mass is 16.1. The third-order valence-electron chi connectivity index (χ3n) is 3.97. The summed E-state index contributed by atoms with van der Waals surface area (Å²) in [5, 5.41) is 6.31. The first-order valence-corrected chi connectivity index (χ1v) is 7.45. The topological polar surface area (TPSA) is 41.1 Å². The lowest BCUT2D eigenvalue weighted by molar-refractivity contribution is -0.120. The standard InChI is InChI=1S/C18H20N2O/c21-18(20-12-14-6-2-1-3-7-14)13-19-17-11-10-15-8-4-5-9-16(15)17/h1-9,17,19H,10-13H2,(H,20,21). The van der Waals surface area contributed by atoms with Gasteiger partial charge >= 0.3 is 0 Å². The van der Waals surface area contributed by atoms with Crippen molar-refractivity contribution in [2.24, 2.45) is 0 Å². The molecule has 0 saturated carbocycles. The van der Waals surface area contributed by atoms with E-state index in [1.165, 1.54) is 11.1 Å². The molecule has 3 rings (SSSR count). The summed E-state index contributed by atoms with van der Waals surface area (Å²) >= 11 is 0. The maximum Gasteiger partial charge on any atom is 0.234 e. The van der Waals surface area contributed by atoms with E-state index < -0.39 is 0 Å². The number of nitrogens with one attached hydrogen (secondary N) is 2.